The van der Waals surface area contributed by atoms with Gasteiger partial charge in [-0.15, -0.1) is 0 Å². The van der Waals surface area contributed by atoms with Crippen molar-refractivity contribution in [2.45, 2.75) is 174 Å². The van der Waals surface area contributed by atoms with Crippen LogP contribution in [0, 0.1) is 56.7 Å². The fourth-order valence-electron chi connectivity index (χ4n) is 14.0. The van der Waals surface area contributed by atoms with Crippen molar-refractivity contribution in [1.29, 1.82) is 0 Å². The Bertz CT molecular complexity index is 1550. The predicted molar refractivity (Wildman–Crippen MR) is 198 cm³/mol. The maximum atomic E-state index is 14.0. The SMILES string of the molecule is C[C@H]1[C@H](C)CC[C@]2(C(=O)O)CC[C@]3(C(=O)O)C(=CC[C@H]4[C@@]5(C)CC[C@H](O[C@@H]6O[C@H](C)[C@@H](O)[C@H](O[C@@H]7O[C@H](CO)[C@@H](O)[C@H](O)[C@H]7O)[C@H]6O)C(C)(C)[C@H]5CC[C@]43C)[C@@H]12. The van der Waals surface area contributed by atoms with Gasteiger partial charge in [-0.2, -0.15) is 0 Å². The monoisotopic (exact) mass is 794 g/mol. The summed E-state index contributed by atoms with van der Waals surface area (Å²) in [6.07, 6.45) is -7.03. The first kappa shape index (κ1) is 42.4. The number of rotatable bonds is 7. The van der Waals surface area contributed by atoms with Crippen LogP contribution in [-0.4, -0.2) is 127 Å². The molecule has 0 aromatic carbocycles. The van der Waals surface area contributed by atoms with E-state index in [0.29, 0.717) is 44.4 Å². The smallest absolute Gasteiger partial charge is 0.314 e. The number of aliphatic hydroxyl groups is 6. The maximum Gasteiger partial charge on any atom is 0.314 e. The molecule has 0 amide bonds. The van der Waals surface area contributed by atoms with Crippen molar-refractivity contribution in [3.05, 3.63) is 11.6 Å². The summed E-state index contributed by atoms with van der Waals surface area (Å²) in [6.45, 7) is 14.0. The molecule has 56 heavy (non-hydrogen) atoms. The highest BCUT2D eigenvalue weighted by Crippen LogP contribution is 2.76. The molecule has 7 rings (SSSR count). The summed E-state index contributed by atoms with van der Waals surface area (Å²) >= 11 is 0. The van der Waals surface area contributed by atoms with Crippen LogP contribution in [0.25, 0.3) is 0 Å². The number of carbonyl (C=O) groups is 2. The van der Waals surface area contributed by atoms with Crippen LogP contribution in [-0.2, 0) is 28.5 Å². The zero-order valence-electron chi connectivity index (χ0n) is 33.9. The lowest BCUT2D eigenvalue weighted by atomic mass is 9.33. The van der Waals surface area contributed by atoms with Crippen LogP contribution in [0.2, 0.25) is 0 Å². The van der Waals surface area contributed by atoms with Gasteiger partial charge in [0.25, 0.3) is 0 Å². The predicted octanol–water partition coefficient (Wildman–Crippen LogP) is 2.83. The lowest BCUT2D eigenvalue weighted by Gasteiger charge is -2.70. The zero-order chi connectivity index (χ0) is 41.1. The lowest BCUT2D eigenvalue weighted by Crippen LogP contribution is -2.68. The number of carboxylic acids is 2. The Kier molecular flexibility index (Phi) is 11.0. The molecule has 0 aromatic heterocycles. The van der Waals surface area contributed by atoms with Crippen molar-refractivity contribution in [2.24, 2.45) is 56.7 Å². The number of allylic oxidation sites excluding steroid dienone is 1. The number of aliphatic carboxylic acids is 2. The van der Waals surface area contributed by atoms with E-state index in [9.17, 15) is 50.4 Å². The second kappa shape index (κ2) is 14.5. The Morgan fingerprint density at radius 2 is 1.43 bits per heavy atom. The fraction of sp³-hybridized carbons (Fsp3) is 0.905. The standard InChI is InChI=1S/C42H66O14/c1-19-10-15-41(36(49)50)16-17-42(37(51)52)22(27(41)20(19)2)8-9-25-39(6)13-12-26(38(4,5)24(39)11-14-40(25,42)7)55-35-32(48)33(28(44)21(3)53-35)56-34-31(47)30(46)29(45)23(18-43)54-34/h8,19-21,23-35,43-48H,9-18H2,1-7H3,(H,49,50)(H,51,52)/t19-,20+,21-,23-,24-,25+,26+,27-,28-,29-,30+,31-,32-,33+,34+,35+,39+,40-,41+,42-/m1/s1. The first-order valence-corrected chi connectivity index (χ1v) is 20.9. The minimum absolute atomic E-state index is 0.0190. The normalized spacial score (nSPS) is 54.1. The Labute approximate surface area is 329 Å². The van der Waals surface area contributed by atoms with Crippen molar-refractivity contribution < 1.29 is 69.4 Å². The summed E-state index contributed by atoms with van der Waals surface area (Å²) in [5.74, 6) is -1.49. The Hall–Kier alpha value is -1.72. The molecule has 0 unspecified atom stereocenters. The van der Waals surface area contributed by atoms with E-state index < -0.39 is 108 Å². The van der Waals surface area contributed by atoms with Crippen LogP contribution in [0.3, 0.4) is 0 Å². The van der Waals surface area contributed by atoms with Crippen molar-refractivity contribution in [2.75, 3.05) is 6.61 Å². The molecule has 14 heteroatoms. The molecular weight excluding hydrogens is 728 g/mol. The molecule has 318 valence electrons. The van der Waals surface area contributed by atoms with E-state index in [1.54, 1.807) is 6.92 Å². The third kappa shape index (κ3) is 5.85. The fourth-order valence-corrected chi connectivity index (χ4v) is 14.0. The Morgan fingerprint density at radius 1 is 0.750 bits per heavy atom. The van der Waals surface area contributed by atoms with Crippen LogP contribution in [0.1, 0.15) is 106 Å². The molecular formula is C42H66O14. The summed E-state index contributed by atoms with van der Waals surface area (Å²) in [7, 11) is 0. The molecule has 4 saturated carbocycles. The molecule has 0 radical (unpaired) electrons. The number of ether oxygens (including phenoxy) is 4. The summed E-state index contributed by atoms with van der Waals surface area (Å²) in [5.41, 5.74) is -2.61. The van der Waals surface area contributed by atoms with Gasteiger partial charge >= 0.3 is 11.9 Å². The van der Waals surface area contributed by atoms with Crippen LogP contribution >= 0.6 is 0 Å². The van der Waals surface area contributed by atoms with Gasteiger partial charge < -0.3 is 59.8 Å². The highest BCUT2D eigenvalue weighted by atomic mass is 16.7. The van der Waals surface area contributed by atoms with E-state index in [1.165, 1.54) is 0 Å². The number of aliphatic hydroxyl groups excluding tert-OH is 6. The van der Waals surface area contributed by atoms with Gasteiger partial charge in [-0.25, -0.2) is 0 Å². The lowest BCUT2D eigenvalue weighted by molar-refractivity contribution is -0.366. The second-order valence-corrected chi connectivity index (χ2v) is 20.0. The molecule has 8 N–H and O–H groups in total. The Morgan fingerprint density at radius 3 is 2.07 bits per heavy atom. The van der Waals surface area contributed by atoms with Gasteiger partial charge in [-0.3, -0.25) is 9.59 Å². The average molecular weight is 795 g/mol. The van der Waals surface area contributed by atoms with E-state index in [2.05, 4.69) is 47.6 Å². The maximum absolute atomic E-state index is 14.0. The van der Waals surface area contributed by atoms with E-state index in [-0.39, 0.29) is 29.1 Å². The molecule has 0 aromatic rings. The molecule has 6 fully saturated rings. The molecule has 0 spiro atoms. The zero-order valence-corrected chi connectivity index (χ0v) is 33.9. The minimum Gasteiger partial charge on any atom is -0.481 e. The average Bonchev–Trinajstić information content (AvgIpc) is 3.14. The van der Waals surface area contributed by atoms with E-state index in [0.717, 1.165) is 24.8 Å². The largest absolute Gasteiger partial charge is 0.481 e. The van der Waals surface area contributed by atoms with Crippen LogP contribution in [0.5, 0.6) is 0 Å². The molecule has 5 aliphatic carbocycles. The molecule has 2 saturated heterocycles. The molecule has 0 bridgehead atoms. The van der Waals surface area contributed by atoms with Crippen molar-refractivity contribution >= 4 is 11.9 Å². The van der Waals surface area contributed by atoms with E-state index >= 15 is 0 Å². The summed E-state index contributed by atoms with van der Waals surface area (Å²) < 4.78 is 24.1. The second-order valence-electron chi connectivity index (χ2n) is 20.0. The van der Waals surface area contributed by atoms with Gasteiger partial charge in [0.2, 0.25) is 0 Å². The van der Waals surface area contributed by atoms with Gasteiger partial charge in [0.05, 0.1) is 29.6 Å². The van der Waals surface area contributed by atoms with Crippen molar-refractivity contribution in [1.82, 2.24) is 0 Å². The summed E-state index contributed by atoms with van der Waals surface area (Å²) in [5, 5.41) is 85.6. The number of hydrogen-bond acceptors (Lipinski definition) is 12. The molecule has 2 heterocycles. The van der Waals surface area contributed by atoms with Crippen LogP contribution < -0.4 is 0 Å². The van der Waals surface area contributed by atoms with E-state index in [4.69, 9.17) is 18.9 Å². The van der Waals surface area contributed by atoms with E-state index in [1.807, 2.05) is 0 Å². The van der Waals surface area contributed by atoms with Gasteiger partial charge in [0.15, 0.2) is 12.6 Å². The van der Waals surface area contributed by atoms with Crippen molar-refractivity contribution in [3.8, 4) is 0 Å². The van der Waals surface area contributed by atoms with Crippen molar-refractivity contribution in [3.63, 3.8) is 0 Å². The van der Waals surface area contributed by atoms with Gasteiger partial charge in [0, 0.05) is 0 Å². The first-order chi connectivity index (χ1) is 26.1. The number of hydrogen-bond donors (Lipinski definition) is 8. The minimum atomic E-state index is -1.73. The summed E-state index contributed by atoms with van der Waals surface area (Å²) in [4.78, 5) is 27.1. The molecule has 20 atom stereocenters. The van der Waals surface area contributed by atoms with Crippen LogP contribution in [0.15, 0.2) is 11.6 Å². The van der Waals surface area contributed by atoms with Gasteiger partial charge in [-0.05, 0) is 111 Å². The van der Waals surface area contributed by atoms with Gasteiger partial charge in [0.1, 0.15) is 42.7 Å². The van der Waals surface area contributed by atoms with Gasteiger partial charge in [-0.1, -0.05) is 53.2 Å². The topological polar surface area (TPSA) is 233 Å². The number of fused-ring (bicyclic) bond motifs is 7. The summed E-state index contributed by atoms with van der Waals surface area (Å²) in [6, 6.07) is 0. The number of carboxylic acid groups (broad SMARTS) is 2. The molecule has 2 aliphatic heterocycles. The van der Waals surface area contributed by atoms with Crippen LogP contribution in [0.4, 0.5) is 0 Å². The third-order valence-corrected chi connectivity index (χ3v) is 17.4. The molecule has 14 nitrogen and oxygen atoms in total. The quantitative estimate of drug-likeness (QED) is 0.137. The first-order valence-electron chi connectivity index (χ1n) is 20.9. The Balaban J connectivity index is 1.14. The third-order valence-electron chi connectivity index (χ3n) is 17.4. The highest BCUT2D eigenvalue weighted by Gasteiger charge is 2.73. The molecule has 7 aliphatic rings. The highest BCUT2D eigenvalue weighted by molar-refractivity contribution is 5.84.